The number of amides is 1. The fourth-order valence-corrected chi connectivity index (χ4v) is 3.91. The molecule has 2 N–H and O–H groups in total. The molecule has 148 valence electrons. The van der Waals surface area contributed by atoms with Crippen molar-refractivity contribution in [3.63, 3.8) is 0 Å². The lowest BCUT2D eigenvalue weighted by Gasteiger charge is -2.15. The molecule has 0 aliphatic heterocycles. The van der Waals surface area contributed by atoms with Crippen LogP contribution in [0.3, 0.4) is 0 Å². The van der Waals surface area contributed by atoms with E-state index in [2.05, 4.69) is 20.3 Å². The van der Waals surface area contributed by atoms with Crippen molar-refractivity contribution in [1.82, 2.24) is 25.2 Å². The molecule has 0 atom stereocenters. The normalized spacial score (nSPS) is 11.1. The zero-order chi connectivity index (χ0) is 20.1. The number of rotatable bonds is 8. The van der Waals surface area contributed by atoms with Crippen LogP contribution in [0.5, 0.6) is 0 Å². The van der Waals surface area contributed by atoms with Crippen LogP contribution in [-0.4, -0.2) is 39.4 Å². The standard InChI is InChI=1S/C22H23N5OS/c1-27(14-16-7-3-2-4-8-16)22(28)19-15-29-21(26-19)11-12-23-13-20-24-17-9-5-6-10-18(17)25-20/h2-10,15,23H,11-14H2,1H3,(H,24,25). The molecule has 0 fully saturated rings. The van der Waals surface area contributed by atoms with E-state index in [1.165, 1.54) is 11.3 Å². The molecule has 0 unspecified atom stereocenters. The molecule has 2 aromatic carbocycles. The number of hydrogen-bond donors (Lipinski definition) is 2. The third-order valence-electron chi connectivity index (χ3n) is 4.63. The predicted molar refractivity (Wildman–Crippen MR) is 116 cm³/mol. The molecule has 2 aromatic heterocycles. The molecule has 0 bridgehead atoms. The minimum absolute atomic E-state index is 0.0495. The highest BCUT2D eigenvalue weighted by atomic mass is 32.1. The van der Waals surface area contributed by atoms with Gasteiger partial charge in [0.2, 0.25) is 0 Å². The molecule has 0 saturated heterocycles. The maximum absolute atomic E-state index is 12.6. The Kier molecular flexibility index (Phi) is 5.97. The van der Waals surface area contributed by atoms with Crippen molar-refractivity contribution in [2.45, 2.75) is 19.5 Å². The second-order valence-corrected chi connectivity index (χ2v) is 7.84. The lowest BCUT2D eigenvalue weighted by atomic mass is 10.2. The van der Waals surface area contributed by atoms with Crippen LogP contribution in [0.25, 0.3) is 11.0 Å². The number of aromatic amines is 1. The van der Waals surface area contributed by atoms with Crippen LogP contribution in [0.15, 0.2) is 60.0 Å². The van der Waals surface area contributed by atoms with E-state index < -0.39 is 0 Å². The summed E-state index contributed by atoms with van der Waals surface area (Å²) in [6.07, 6.45) is 0.778. The highest BCUT2D eigenvalue weighted by Gasteiger charge is 2.15. The van der Waals surface area contributed by atoms with Crippen molar-refractivity contribution in [1.29, 1.82) is 0 Å². The Labute approximate surface area is 173 Å². The summed E-state index contributed by atoms with van der Waals surface area (Å²) in [5.41, 5.74) is 3.65. The van der Waals surface area contributed by atoms with Crippen LogP contribution in [0.2, 0.25) is 0 Å². The van der Waals surface area contributed by atoms with E-state index in [1.807, 2.05) is 67.0 Å². The third kappa shape index (κ3) is 4.88. The van der Waals surface area contributed by atoms with Gasteiger partial charge in [-0.15, -0.1) is 11.3 Å². The number of nitrogens with one attached hydrogen (secondary N) is 2. The van der Waals surface area contributed by atoms with Crippen molar-refractivity contribution in [2.24, 2.45) is 0 Å². The van der Waals surface area contributed by atoms with Gasteiger partial charge in [-0.1, -0.05) is 42.5 Å². The molecule has 0 saturated carbocycles. The lowest BCUT2D eigenvalue weighted by molar-refractivity contribution is 0.0780. The molecule has 4 rings (SSSR count). The summed E-state index contributed by atoms with van der Waals surface area (Å²) >= 11 is 1.53. The number of imidazole rings is 1. The zero-order valence-electron chi connectivity index (χ0n) is 16.3. The average Bonchev–Trinajstić information content (AvgIpc) is 3.38. The van der Waals surface area contributed by atoms with Crippen LogP contribution in [0, 0.1) is 0 Å². The largest absolute Gasteiger partial charge is 0.341 e. The number of hydrogen-bond acceptors (Lipinski definition) is 5. The van der Waals surface area contributed by atoms with Gasteiger partial charge < -0.3 is 15.2 Å². The van der Waals surface area contributed by atoms with Gasteiger partial charge in [0.1, 0.15) is 11.5 Å². The third-order valence-corrected chi connectivity index (χ3v) is 5.54. The zero-order valence-corrected chi connectivity index (χ0v) is 17.1. The SMILES string of the molecule is CN(Cc1ccccc1)C(=O)c1csc(CCNCc2nc3ccccc3[nH]2)n1. The van der Waals surface area contributed by atoms with E-state index >= 15 is 0 Å². The average molecular weight is 406 g/mol. The summed E-state index contributed by atoms with van der Waals surface area (Å²) in [5.74, 6) is 0.871. The molecule has 0 aliphatic carbocycles. The van der Waals surface area contributed by atoms with E-state index in [4.69, 9.17) is 0 Å². The first-order chi connectivity index (χ1) is 14.2. The maximum Gasteiger partial charge on any atom is 0.273 e. The summed E-state index contributed by atoms with van der Waals surface area (Å²) in [7, 11) is 1.81. The smallest absolute Gasteiger partial charge is 0.273 e. The summed E-state index contributed by atoms with van der Waals surface area (Å²) in [6, 6.07) is 18.0. The number of carbonyl (C=O) groups excluding carboxylic acids is 1. The number of carbonyl (C=O) groups is 1. The molecule has 0 radical (unpaired) electrons. The molecule has 7 heteroatoms. The number of aromatic nitrogens is 3. The molecule has 29 heavy (non-hydrogen) atoms. The van der Waals surface area contributed by atoms with Crippen molar-refractivity contribution < 1.29 is 4.79 Å². The number of H-pyrrole nitrogens is 1. The van der Waals surface area contributed by atoms with Gasteiger partial charge in [-0.2, -0.15) is 0 Å². The van der Waals surface area contributed by atoms with Gasteiger partial charge >= 0.3 is 0 Å². The van der Waals surface area contributed by atoms with Gasteiger partial charge in [-0.05, 0) is 17.7 Å². The van der Waals surface area contributed by atoms with E-state index in [-0.39, 0.29) is 5.91 Å². The summed E-state index contributed by atoms with van der Waals surface area (Å²) in [5, 5.41) is 6.19. The first-order valence-corrected chi connectivity index (χ1v) is 10.4. The Morgan fingerprint density at radius 3 is 2.72 bits per heavy atom. The van der Waals surface area contributed by atoms with Crippen molar-refractivity contribution in [2.75, 3.05) is 13.6 Å². The van der Waals surface area contributed by atoms with Gasteiger partial charge in [-0.25, -0.2) is 9.97 Å². The Bertz CT molecular complexity index is 1060. The van der Waals surface area contributed by atoms with E-state index in [9.17, 15) is 4.79 Å². The molecule has 0 aliphatic rings. The Morgan fingerprint density at radius 2 is 1.90 bits per heavy atom. The fourth-order valence-electron chi connectivity index (χ4n) is 3.14. The van der Waals surface area contributed by atoms with E-state index in [0.29, 0.717) is 18.8 Å². The van der Waals surface area contributed by atoms with Gasteiger partial charge in [0.05, 0.1) is 22.6 Å². The fraction of sp³-hybridized carbons (Fsp3) is 0.227. The monoisotopic (exact) mass is 405 g/mol. The number of benzene rings is 2. The molecular formula is C22H23N5OS. The molecule has 2 heterocycles. The van der Waals surface area contributed by atoms with E-state index in [0.717, 1.165) is 40.4 Å². The summed E-state index contributed by atoms with van der Waals surface area (Å²) in [6.45, 7) is 2.02. The lowest BCUT2D eigenvalue weighted by Crippen LogP contribution is -2.26. The Balaban J connectivity index is 1.26. The summed E-state index contributed by atoms with van der Waals surface area (Å²) in [4.78, 5) is 26.7. The molecule has 0 spiro atoms. The van der Waals surface area contributed by atoms with Gasteiger partial charge in [0.25, 0.3) is 5.91 Å². The molecule has 1 amide bonds. The van der Waals surface area contributed by atoms with Gasteiger partial charge in [0.15, 0.2) is 0 Å². The first-order valence-electron chi connectivity index (χ1n) is 9.57. The second kappa shape index (κ2) is 8.98. The highest BCUT2D eigenvalue weighted by Crippen LogP contribution is 2.14. The van der Waals surface area contributed by atoms with Crippen LogP contribution < -0.4 is 5.32 Å². The van der Waals surface area contributed by atoms with Crippen LogP contribution in [0.1, 0.15) is 26.9 Å². The maximum atomic E-state index is 12.6. The minimum atomic E-state index is -0.0495. The second-order valence-electron chi connectivity index (χ2n) is 6.90. The van der Waals surface area contributed by atoms with Crippen molar-refractivity contribution in [3.8, 4) is 0 Å². The first kappa shape index (κ1) is 19.3. The number of para-hydroxylation sites is 2. The minimum Gasteiger partial charge on any atom is -0.341 e. The van der Waals surface area contributed by atoms with Crippen LogP contribution >= 0.6 is 11.3 Å². The Morgan fingerprint density at radius 1 is 1.10 bits per heavy atom. The predicted octanol–water partition coefficient (Wildman–Crippen LogP) is 3.62. The molecule has 6 nitrogen and oxygen atoms in total. The number of nitrogens with zero attached hydrogens (tertiary/aromatic N) is 3. The molecule has 4 aromatic rings. The van der Waals surface area contributed by atoms with E-state index in [1.54, 1.807) is 4.90 Å². The number of thiazole rings is 1. The molecular weight excluding hydrogens is 382 g/mol. The van der Waals surface area contributed by atoms with Gasteiger partial charge in [-0.3, -0.25) is 4.79 Å². The van der Waals surface area contributed by atoms with Crippen LogP contribution in [0.4, 0.5) is 0 Å². The topological polar surface area (TPSA) is 73.9 Å². The number of fused-ring (bicyclic) bond motifs is 1. The van der Waals surface area contributed by atoms with Crippen LogP contribution in [-0.2, 0) is 19.5 Å². The highest BCUT2D eigenvalue weighted by molar-refractivity contribution is 7.09. The van der Waals surface area contributed by atoms with Gasteiger partial charge in [0, 0.05) is 31.9 Å². The van der Waals surface area contributed by atoms with Crippen molar-refractivity contribution >= 4 is 28.3 Å². The quantitative estimate of drug-likeness (QED) is 0.439. The van der Waals surface area contributed by atoms with Crippen molar-refractivity contribution in [3.05, 3.63) is 82.1 Å². The summed E-state index contributed by atoms with van der Waals surface area (Å²) < 4.78 is 0. The Hall–Kier alpha value is -3.03.